The Morgan fingerprint density at radius 3 is 2.87 bits per heavy atom. The van der Waals surface area contributed by atoms with Gasteiger partial charge in [0.1, 0.15) is 12.1 Å². The highest BCUT2D eigenvalue weighted by Gasteiger charge is 2.13. The van der Waals surface area contributed by atoms with Crippen molar-refractivity contribution < 1.29 is 13.9 Å². The van der Waals surface area contributed by atoms with Crippen molar-refractivity contribution in [3.05, 3.63) is 46.4 Å². The number of ether oxygens (including phenoxy) is 1. The van der Waals surface area contributed by atoms with E-state index < -0.39 is 0 Å². The maximum atomic E-state index is 11.6. The first-order valence-electron chi connectivity index (χ1n) is 6.71. The number of hydrogen-bond donors (Lipinski definition) is 1. The minimum Gasteiger partial charge on any atom is -0.436 e. The molecule has 1 heterocycles. The summed E-state index contributed by atoms with van der Waals surface area (Å²) in [7, 11) is 1.45. The predicted octanol–water partition coefficient (Wildman–Crippen LogP) is 4.39. The number of carbonyl (C=O) groups excluding carboxylic acids is 1. The van der Waals surface area contributed by atoms with E-state index in [1.54, 1.807) is 36.4 Å². The number of halogens is 2. The van der Waals surface area contributed by atoms with Crippen molar-refractivity contribution in [2.45, 2.75) is 0 Å². The van der Waals surface area contributed by atoms with Gasteiger partial charge in [-0.05, 0) is 36.4 Å². The first-order chi connectivity index (χ1) is 11.1. The van der Waals surface area contributed by atoms with E-state index in [-0.39, 0.29) is 12.5 Å². The van der Waals surface area contributed by atoms with Crippen molar-refractivity contribution in [1.29, 1.82) is 0 Å². The van der Waals surface area contributed by atoms with Crippen LogP contribution in [0.4, 0.5) is 5.69 Å². The minimum atomic E-state index is -0.259. The first-order valence-corrected chi connectivity index (χ1v) is 7.47. The topological polar surface area (TPSA) is 64.4 Å². The molecule has 118 valence electrons. The summed E-state index contributed by atoms with van der Waals surface area (Å²) in [6, 6.07) is 10.2. The number of benzene rings is 2. The van der Waals surface area contributed by atoms with E-state index in [2.05, 4.69) is 10.3 Å². The Labute approximate surface area is 142 Å². The molecule has 7 heteroatoms. The first kappa shape index (κ1) is 15.8. The summed E-state index contributed by atoms with van der Waals surface area (Å²) in [6.45, 7) is -0.0284. The smallest absolute Gasteiger partial charge is 0.250 e. The highest BCUT2D eigenvalue weighted by molar-refractivity contribution is 6.33. The number of methoxy groups -OCH3 is 1. The number of carbonyl (C=O) groups is 1. The lowest BCUT2D eigenvalue weighted by Gasteiger charge is -2.07. The average molecular weight is 351 g/mol. The summed E-state index contributed by atoms with van der Waals surface area (Å²) >= 11 is 12.2. The molecule has 0 bridgehead atoms. The Balaban J connectivity index is 1.98. The molecule has 3 aromatic rings. The van der Waals surface area contributed by atoms with Gasteiger partial charge in [-0.2, -0.15) is 0 Å². The third kappa shape index (κ3) is 3.47. The molecule has 0 atom stereocenters. The zero-order valence-corrected chi connectivity index (χ0v) is 13.6. The summed E-state index contributed by atoms with van der Waals surface area (Å²) in [6.07, 6.45) is 0. The molecular formula is C16H12Cl2N2O3. The SMILES string of the molecule is COCC(=O)Nc1ccc(Cl)c(-c2nc3cc(Cl)ccc3o2)c1. The lowest BCUT2D eigenvalue weighted by atomic mass is 10.2. The molecule has 0 aliphatic rings. The number of rotatable bonds is 4. The summed E-state index contributed by atoms with van der Waals surface area (Å²) in [5, 5.41) is 3.75. The summed E-state index contributed by atoms with van der Waals surface area (Å²) in [5.74, 6) is 0.0974. The van der Waals surface area contributed by atoms with Gasteiger partial charge in [-0.1, -0.05) is 23.2 Å². The molecule has 0 unspecified atom stereocenters. The molecule has 1 amide bonds. The molecular weight excluding hydrogens is 339 g/mol. The number of nitrogens with one attached hydrogen (secondary N) is 1. The van der Waals surface area contributed by atoms with E-state index in [1.165, 1.54) is 7.11 Å². The highest BCUT2D eigenvalue weighted by Crippen LogP contribution is 2.32. The van der Waals surface area contributed by atoms with Gasteiger partial charge in [0.05, 0.1) is 10.6 Å². The number of amides is 1. The monoisotopic (exact) mass is 350 g/mol. The average Bonchev–Trinajstić information content (AvgIpc) is 2.92. The van der Waals surface area contributed by atoms with Crippen LogP contribution in [0.3, 0.4) is 0 Å². The van der Waals surface area contributed by atoms with Gasteiger partial charge in [0.25, 0.3) is 0 Å². The van der Waals surface area contributed by atoms with Gasteiger partial charge in [0, 0.05) is 17.8 Å². The van der Waals surface area contributed by atoms with Crippen LogP contribution in [0.1, 0.15) is 0 Å². The van der Waals surface area contributed by atoms with Gasteiger partial charge >= 0.3 is 0 Å². The van der Waals surface area contributed by atoms with E-state index >= 15 is 0 Å². The molecule has 0 saturated heterocycles. The van der Waals surface area contributed by atoms with Gasteiger partial charge in [-0.25, -0.2) is 4.98 Å². The van der Waals surface area contributed by atoms with Gasteiger partial charge in [0.2, 0.25) is 11.8 Å². The molecule has 1 aromatic heterocycles. The van der Waals surface area contributed by atoms with Crippen LogP contribution in [-0.2, 0) is 9.53 Å². The quantitative estimate of drug-likeness (QED) is 0.757. The zero-order chi connectivity index (χ0) is 16.4. The lowest BCUT2D eigenvalue weighted by molar-refractivity contribution is -0.119. The fourth-order valence-corrected chi connectivity index (χ4v) is 2.48. The molecule has 5 nitrogen and oxygen atoms in total. The van der Waals surface area contributed by atoms with Crippen molar-refractivity contribution in [1.82, 2.24) is 4.98 Å². The van der Waals surface area contributed by atoms with Crippen LogP contribution in [-0.4, -0.2) is 24.6 Å². The van der Waals surface area contributed by atoms with Gasteiger partial charge in [-0.3, -0.25) is 4.79 Å². The molecule has 0 radical (unpaired) electrons. The zero-order valence-electron chi connectivity index (χ0n) is 12.1. The van der Waals surface area contributed by atoms with Crippen LogP contribution >= 0.6 is 23.2 Å². The lowest BCUT2D eigenvalue weighted by Crippen LogP contribution is -2.17. The maximum Gasteiger partial charge on any atom is 0.250 e. The molecule has 3 rings (SSSR count). The van der Waals surface area contributed by atoms with E-state index in [4.69, 9.17) is 32.4 Å². The van der Waals surface area contributed by atoms with Gasteiger partial charge < -0.3 is 14.5 Å². The maximum absolute atomic E-state index is 11.6. The molecule has 2 aromatic carbocycles. The molecule has 0 spiro atoms. The minimum absolute atomic E-state index is 0.0284. The van der Waals surface area contributed by atoms with Crippen LogP contribution in [0.15, 0.2) is 40.8 Å². The molecule has 0 saturated carbocycles. The van der Waals surface area contributed by atoms with Gasteiger partial charge in [-0.15, -0.1) is 0 Å². The second-order valence-corrected chi connectivity index (χ2v) is 5.65. The number of hydrogen-bond acceptors (Lipinski definition) is 4. The van der Waals surface area contributed by atoms with E-state index in [0.29, 0.717) is 38.3 Å². The van der Waals surface area contributed by atoms with Crippen molar-refractivity contribution in [2.24, 2.45) is 0 Å². The van der Waals surface area contributed by atoms with Crippen LogP contribution in [0.5, 0.6) is 0 Å². The van der Waals surface area contributed by atoms with Crippen LogP contribution in [0, 0.1) is 0 Å². The summed E-state index contributed by atoms with van der Waals surface area (Å²) in [5.41, 5.74) is 2.40. The van der Waals surface area contributed by atoms with Crippen molar-refractivity contribution in [2.75, 3.05) is 19.0 Å². The fourth-order valence-electron chi connectivity index (χ4n) is 2.11. The molecule has 23 heavy (non-hydrogen) atoms. The van der Waals surface area contributed by atoms with E-state index in [9.17, 15) is 4.79 Å². The normalized spacial score (nSPS) is 10.9. The predicted molar refractivity (Wildman–Crippen MR) is 90.0 cm³/mol. The largest absolute Gasteiger partial charge is 0.436 e. The Hall–Kier alpha value is -2.08. The summed E-state index contributed by atoms with van der Waals surface area (Å²) < 4.78 is 10.5. The Kier molecular flexibility index (Phi) is 4.52. The Morgan fingerprint density at radius 1 is 1.26 bits per heavy atom. The number of oxazole rings is 1. The van der Waals surface area contributed by atoms with E-state index in [0.717, 1.165) is 0 Å². The third-order valence-corrected chi connectivity index (χ3v) is 3.67. The van der Waals surface area contributed by atoms with Crippen LogP contribution in [0.2, 0.25) is 10.0 Å². The number of aromatic nitrogens is 1. The van der Waals surface area contributed by atoms with Crippen LogP contribution < -0.4 is 5.32 Å². The van der Waals surface area contributed by atoms with Crippen molar-refractivity contribution in [3.8, 4) is 11.5 Å². The highest BCUT2D eigenvalue weighted by atomic mass is 35.5. The standard InChI is InChI=1S/C16H12Cl2N2O3/c1-22-8-15(21)19-10-3-4-12(18)11(7-10)16-20-13-6-9(17)2-5-14(13)23-16/h2-7H,8H2,1H3,(H,19,21). The molecule has 1 N–H and O–H groups in total. The number of fused-ring (bicyclic) bond motifs is 1. The van der Waals surface area contributed by atoms with Crippen molar-refractivity contribution >= 4 is 45.9 Å². The van der Waals surface area contributed by atoms with Crippen LogP contribution in [0.25, 0.3) is 22.6 Å². The second kappa shape index (κ2) is 6.58. The third-order valence-electron chi connectivity index (χ3n) is 3.11. The van der Waals surface area contributed by atoms with Crippen molar-refractivity contribution in [3.63, 3.8) is 0 Å². The summed E-state index contributed by atoms with van der Waals surface area (Å²) in [4.78, 5) is 16.0. The second-order valence-electron chi connectivity index (χ2n) is 4.81. The van der Waals surface area contributed by atoms with Gasteiger partial charge in [0.15, 0.2) is 5.58 Å². The number of nitrogens with zero attached hydrogens (tertiary/aromatic N) is 1. The molecule has 0 fully saturated rings. The number of anilines is 1. The fraction of sp³-hybridized carbons (Fsp3) is 0.125. The Bertz CT molecular complexity index is 877. The van der Waals surface area contributed by atoms with E-state index in [1.807, 2.05) is 0 Å². The Morgan fingerprint density at radius 2 is 2.09 bits per heavy atom. The molecule has 0 aliphatic carbocycles. The molecule has 0 aliphatic heterocycles.